The highest BCUT2D eigenvalue weighted by Crippen LogP contribution is 2.19. The van der Waals surface area contributed by atoms with Crippen LogP contribution in [0.25, 0.3) is 0 Å². The molecule has 0 atom stereocenters. The Kier molecular flexibility index (Phi) is 8.74. The second-order valence-corrected chi connectivity index (χ2v) is 8.60. The SMILES string of the molecule is C=CCC[CH2][Al]([CH2]C(C)C)[CH2]C(C)C. The first-order chi connectivity index (χ1) is 6.56. The molecule has 0 aliphatic heterocycles. The van der Waals surface area contributed by atoms with E-state index < -0.39 is 14.1 Å². The lowest BCUT2D eigenvalue weighted by Gasteiger charge is -2.15. The van der Waals surface area contributed by atoms with Gasteiger partial charge in [0, 0.05) is 0 Å². The molecule has 1 heteroatoms. The van der Waals surface area contributed by atoms with Gasteiger partial charge < -0.3 is 0 Å². The molecule has 14 heavy (non-hydrogen) atoms. The average molecular weight is 210 g/mol. The third-order valence-electron chi connectivity index (χ3n) is 2.63. The van der Waals surface area contributed by atoms with Gasteiger partial charge in [0.15, 0.2) is 0 Å². The van der Waals surface area contributed by atoms with E-state index in [9.17, 15) is 0 Å². The summed E-state index contributed by atoms with van der Waals surface area (Å²) in [6.45, 7) is 13.3. The standard InChI is InChI=1S/C5H9.2C4H9.Al/c1-3-5-4-2;2*1-4(2)3;/h3H,1-2,4-5H2;2*4H,1H2,2-3H3;. The zero-order valence-corrected chi connectivity index (χ0v) is 11.7. The first-order valence-corrected chi connectivity index (χ1v) is 8.62. The van der Waals surface area contributed by atoms with Gasteiger partial charge in [-0.05, 0) is 6.42 Å². The van der Waals surface area contributed by atoms with Gasteiger partial charge in [0.2, 0.25) is 0 Å². The highest BCUT2D eigenvalue weighted by atomic mass is 27.2. The number of unbranched alkanes of at least 4 members (excludes halogenated alkanes) is 1. The molecule has 0 aliphatic carbocycles. The molecular weight excluding hydrogens is 183 g/mol. The quantitative estimate of drug-likeness (QED) is 0.308. The Morgan fingerprint density at radius 3 is 1.93 bits per heavy atom. The fourth-order valence-electron chi connectivity index (χ4n) is 2.22. The van der Waals surface area contributed by atoms with Crippen molar-refractivity contribution in [3.63, 3.8) is 0 Å². The normalized spacial score (nSPS) is 11.0. The van der Waals surface area contributed by atoms with E-state index in [1.807, 2.05) is 0 Å². The van der Waals surface area contributed by atoms with Crippen LogP contribution in [-0.4, -0.2) is 14.1 Å². The highest BCUT2D eigenvalue weighted by Gasteiger charge is 2.18. The van der Waals surface area contributed by atoms with Gasteiger partial charge in [-0.1, -0.05) is 67.9 Å². The lowest BCUT2D eigenvalue weighted by atomic mass is 10.3. The smallest absolute Gasteiger partial charge is 0.103 e. The monoisotopic (exact) mass is 210 g/mol. The molecule has 0 saturated heterocycles. The summed E-state index contributed by atoms with van der Waals surface area (Å²) < 4.78 is 0. The van der Waals surface area contributed by atoms with Gasteiger partial charge in [0.25, 0.3) is 14.1 Å². The van der Waals surface area contributed by atoms with Crippen molar-refractivity contribution in [3.8, 4) is 0 Å². The van der Waals surface area contributed by atoms with Crippen LogP contribution in [0.4, 0.5) is 0 Å². The van der Waals surface area contributed by atoms with Gasteiger partial charge in [-0.15, -0.1) is 6.58 Å². The minimum atomic E-state index is -0.429. The molecule has 0 unspecified atom stereocenters. The van der Waals surface area contributed by atoms with E-state index in [4.69, 9.17) is 0 Å². The van der Waals surface area contributed by atoms with E-state index in [2.05, 4.69) is 40.3 Å². The largest absolute Gasteiger partial charge is 0.262 e. The van der Waals surface area contributed by atoms with Crippen LogP contribution in [0, 0.1) is 11.8 Å². The van der Waals surface area contributed by atoms with Crippen molar-refractivity contribution in [2.75, 3.05) is 0 Å². The molecule has 0 aliphatic rings. The highest BCUT2D eigenvalue weighted by molar-refractivity contribution is 6.58. The Morgan fingerprint density at radius 1 is 1.07 bits per heavy atom. The van der Waals surface area contributed by atoms with Crippen molar-refractivity contribution in [2.45, 2.75) is 56.4 Å². The Bertz CT molecular complexity index is 128. The zero-order valence-electron chi connectivity index (χ0n) is 10.6. The molecule has 0 rings (SSSR count). The summed E-state index contributed by atoms with van der Waals surface area (Å²) in [5.41, 5.74) is 0. The second-order valence-electron chi connectivity index (χ2n) is 5.34. The molecule has 0 fully saturated rings. The fraction of sp³-hybridized carbons (Fsp3) is 0.846. The summed E-state index contributed by atoms with van der Waals surface area (Å²) >= 11 is -0.429. The molecular formula is C13H27Al. The van der Waals surface area contributed by atoms with E-state index in [1.165, 1.54) is 28.7 Å². The minimum absolute atomic E-state index is 0.429. The maximum absolute atomic E-state index is 3.79. The third kappa shape index (κ3) is 8.85. The maximum atomic E-state index is 3.79. The van der Waals surface area contributed by atoms with E-state index in [-0.39, 0.29) is 0 Å². The summed E-state index contributed by atoms with van der Waals surface area (Å²) in [6, 6.07) is 0. The number of rotatable bonds is 8. The van der Waals surface area contributed by atoms with Crippen molar-refractivity contribution in [1.29, 1.82) is 0 Å². The van der Waals surface area contributed by atoms with E-state index >= 15 is 0 Å². The lowest BCUT2D eigenvalue weighted by molar-refractivity contribution is 0.683. The average Bonchev–Trinajstić information content (AvgIpc) is 2.02. The Morgan fingerprint density at radius 2 is 1.57 bits per heavy atom. The third-order valence-corrected chi connectivity index (χ3v) is 7.07. The Balaban J connectivity index is 3.77. The van der Waals surface area contributed by atoms with Crippen molar-refractivity contribution >= 4 is 14.1 Å². The maximum Gasteiger partial charge on any atom is 0.262 e. The molecule has 0 bridgehead atoms. The summed E-state index contributed by atoms with van der Waals surface area (Å²) in [5.74, 6) is 1.82. The molecule has 0 heterocycles. The van der Waals surface area contributed by atoms with Crippen LogP contribution in [0.1, 0.15) is 40.5 Å². The minimum Gasteiger partial charge on any atom is -0.103 e. The molecule has 0 amide bonds. The molecule has 0 spiro atoms. The van der Waals surface area contributed by atoms with E-state index in [1.54, 1.807) is 0 Å². The predicted molar refractivity (Wildman–Crippen MR) is 69.3 cm³/mol. The van der Waals surface area contributed by atoms with E-state index in [0.29, 0.717) is 0 Å². The van der Waals surface area contributed by atoms with Gasteiger partial charge >= 0.3 is 0 Å². The topological polar surface area (TPSA) is 0 Å². The molecule has 0 N–H and O–H groups in total. The first kappa shape index (κ1) is 14.3. The van der Waals surface area contributed by atoms with Gasteiger partial charge in [-0.2, -0.15) is 0 Å². The van der Waals surface area contributed by atoms with Crippen molar-refractivity contribution in [1.82, 2.24) is 0 Å². The van der Waals surface area contributed by atoms with Crippen molar-refractivity contribution < 1.29 is 0 Å². The molecule has 82 valence electrons. The number of hydrogen-bond acceptors (Lipinski definition) is 0. The summed E-state index contributed by atoms with van der Waals surface area (Å²) in [4.78, 5) is 0. The first-order valence-electron chi connectivity index (χ1n) is 6.17. The van der Waals surface area contributed by atoms with Crippen LogP contribution >= 0.6 is 0 Å². The zero-order chi connectivity index (χ0) is 11.0. The fourth-order valence-corrected chi connectivity index (χ4v) is 6.36. The Hall–Kier alpha value is 0.272. The molecule has 0 nitrogen and oxygen atoms in total. The van der Waals surface area contributed by atoms with Gasteiger partial charge in [0.05, 0.1) is 0 Å². The molecule has 0 aromatic carbocycles. The molecule has 0 saturated carbocycles. The van der Waals surface area contributed by atoms with Crippen LogP contribution in [0.3, 0.4) is 0 Å². The lowest BCUT2D eigenvalue weighted by Crippen LogP contribution is -2.17. The van der Waals surface area contributed by atoms with Crippen LogP contribution in [0.2, 0.25) is 15.8 Å². The molecule has 0 aromatic rings. The van der Waals surface area contributed by atoms with E-state index in [0.717, 1.165) is 11.8 Å². The number of allylic oxidation sites excluding steroid dienone is 1. The predicted octanol–water partition coefficient (Wildman–Crippen LogP) is 4.76. The van der Waals surface area contributed by atoms with Gasteiger partial charge in [-0.25, -0.2) is 0 Å². The molecule has 0 aromatic heterocycles. The summed E-state index contributed by atoms with van der Waals surface area (Å²) in [7, 11) is 0. The Labute approximate surface area is 95.2 Å². The van der Waals surface area contributed by atoms with Crippen LogP contribution < -0.4 is 0 Å². The second kappa shape index (κ2) is 8.57. The van der Waals surface area contributed by atoms with Crippen LogP contribution in [0.5, 0.6) is 0 Å². The summed E-state index contributed by atoms with van der Waals surface area (Å²) in [5, 5.41) is 4.60. The van der Waals surface area contributed by atoms with Gasteiger partial charge in [-0.3, -0.25) is 0 Å². The van der Waals surface area contributed by atoms with Crippen molar-refractivity contribution in [2.24, 2.45) is 11.8 Å². The summed E-state index contributed by atoms with van der Waals surface area (Å²) in [6.07, 6.45) is 4.68. The van der Waals surface area contributed by atoms with Crippen LogP contribution in [-0.2, 0) is 0 Å². The van der Waals surface area contributed by atoms with Crippen molar-refractivity contribution in [3.05, 3.63) is 12.7 Å². The van der Waals surface area contributed by atoms with Gasteiger partial charge in [0.1, 0.15) is 0 Å². The number of hydrogen-bond donors (Lipinski definition) is 0. The van der Waals surface area contributed by atoms with Crippen LogP contribution in [0.15, 0.2) is 12.7 Å². The molecule has 0 radical (unpaired) electrons.